The maximum absolute atomic E-state index is 2.32. The van der Waals surface area contributed by atoms with Gasteiger partial charge in [0.2, 0.25) is 0 Å². The van der Waals surface area contributed by atoms with Gasteiger partial charge < -0.3 is 0 Å². The molecule has 0 unspecified atom stereocenters. The van der Waals surface area contributed by atoms with Crippen molar-refractivity contribution in [3.63, 3.8) is 0 Å². The van der Waals surface area contributed by atoms with E-state index < -0.39 is 0 Å². The second-order valence-electron chi connectivity index (χ2n) is 4.99. The first-order valence-electron chi connectivity index (χ1n) is 7.12. The molecule has 0 spiro atoms. The van der Waals surface area contributed by atoms with Gasteiger partial charge in [0.25, 0.3) is 0 Å². The van der Waals surface area contributed by atoms with Crippen molar-refractivity contribution in [3.8, 4) is 0 Å². The monoisotopic (exact) mass is 234 g/mol. The molecule has 1 heteroatoms. The molecule has 0 amide bonds. The zero-order chi connectivity index (χ0) is 12.7. The van der Waals surface area contributed by atoms with E-state index in [9.17, 15) is 0 Å². The van der Waals surface area contributed by atoms with Gasteiger partial charge >= 0.3 is 0 Å². The average Bonchev–Trinajstić information content (AvgIpc) is 2.36. The molecule has 0 saturated carbocycles. The maximum atomic E-state index is 2.32. The van der Waals surface area contributed by atoms with Gasteiger partial charge in [-0.25, -0.2) is 0 Å². The first kappa shape index (κ1) is 14.2. The number of nitrogens with zero attached hydrogens (tertiary/aromatic N) is 1. The lowest BCUT2D eigenvalue weighted by Gasteiger charge is -2.37. The first-order valence-corrected chi connectivity index (χ1v) is 7.12. The Morgan fingerprint density at radius 2 is 1.59 bits per heavy atom. The summed E-state index contributed by atoms with van der Waals surface area (Å²) in [5.74, 6) is 0. The Balaban J connectivity index is 2.94. The average molecular weight is 234 g/mol. The number of hydrogen-bond acceptors (Lipinski definition) is 0. The molecule has 0 aliphatic rings. The van der Waals surface area contributed by atoms with Crippen LogP contribution in [0, 0.1) is 6.92 Å². The zero-order valence-electron chi connectivity index (χ0n) is 12.0. The predicted molar refractivity (Wildman–Crippen MR) is 78.4 cm³/mol. The molecule has 0 radical (unpaired) electrons. The van der Waals surface area contributed by atoms with Crippen LogP contribution in [0.5, 0.6) is 0 Å². The minimum absolute atomic E-state index is 1.15. The lowest BCUT2D eigenvalue weighted by atomic mass is 10.1. The van der Waals surface area contributed by atoms with Crippen LogP contribution in [0.25, 0.3) is 0 Å². The number of aryl methyl sites for hydroxylation is 1. The Hall–Kier alpha value is -0.820. The van der Waals surface area contributed by atoms with E-state index in [-0.39, 0.29) is 0 Å². The summed E-state index contributed by atoms with van der Waals surface area (Å²) in [5, 5.41) is 0. The van der Waals surface area contributed by atoms with Gasteiger partial charge in [0.15, 0.2) is 0 Å². The molecule has 0 fully saturated rings. The molecule has 17 heavy (non-hydrogen) atoms. The van der Waals surface area contributed by atoms with Gasteiger partial charge in [-0.2, -0.15) is 0 Å². The van der Waals surface area contributed by atoms with E-state index in [1.807, 2.05) is 0 Å². The Morgan fingerprint density at radius 1 is 0.941 bits per heavy atom. The van der Waals surface area contributed by atoms with Gasteiger partial charge in [0.1, 0.15) is 5.69 Å². The quantitative estimate of drug-likeness (QED) is 0.480. The second-order valence-corrected chi connectivity index (χ2v) is 4.99. The van der Waals surface area contributed by atoms with Crippen LogP contribution in [0.15, 0.2) is 24.3 Å². The molecule has 1 aromatic carbocycles. The topological polar surface area (TPSA) is 0 Å². The number of unbranched alkanes of at least 4 members (excludes halogenated alkanes) is 2. The summed E-state index contributed by atoms with van der Waals surface area (Å²) in [6.07, 6.45) is 4.00. The molecule has 0 aliphatic heterocycles. The van der Waals surface area contributed by atoms with Gasteiger partial charge in [-0.1, -0.05) is 31.5 Å². The van der Waals surface area contributed by atoms with E-state index in [4.69, 9.17) is 0 Å². The van der Waals surface area contributed by atoms with Crippen LogP contribution in [0.1, 0.15) is 45.6 Å². The molecule has 96 valence electrons. The van der Waals surface area contributed by atoms with E-state index in [1.54, 1.807) is 0 Å². The molecule has 1 rings (SSSR count). The molecule has 0 N–H and O–H groups in total. The van der Waals surface area contributed by atoms with Gasteiger partial charge in [-0.05, 0) is 39.7 Å². The summed E-state index contributed by atoms with van der Waals surface area (Å²) >= 11 is 0. The first-order chi connectivity index (χ1) is 8.20. The number of rotatable bonds is 7. The third-order valence-electron chi connectivity index (χ3n) is 4.03. The summed E-state index contributed by atoms with van der Waals surface area (Å²) in [4.78, 5) is 0. The molecule has 1 aromatic rings. The third-order valence-corrected chi connectivity index (χ3v) is 4.03. The molecule has 0 aliphatic carbocycles. The largest absolute Gasteiger partial charge is 0.291 e. The summed E-state index contributed by atoms with van der Waals surface area (Å²) < 4.78 is 1.15. The van der Waals surface area contributed by atoms with Crippen LogP contribution in [-0.2, 0) is 0 Å². The van der Waals surface area contributed by atoms with Crippen molar-refractivity contribution in [2.45, 2.75) is 47.0 Å². The zero-order valence-corrected chi connectivity index (χ0v) is 12.0. The maximum Gasteiger partial charge on any atom is 0.135 e. The summed E-state index contributed by atoms with van der Waals surface area (Å²) in [7, 11) is 0. The van der Waals surface area contributed by atoms with Crippen LogP contribution in [-0.4, -0.2) is 19.6 Å². The van der Waals surface area contributed by atoms with E-state index in [1.165, 1.54) is 50.1 Å². The highest BCUT2D eigenvalue weighted by Gasteiger charge is 2.27. The van der Waals surface area contributed by atoms with E-state index in [0.717, 1.165) is 4.48 Å². The van der Waals surface area contributed by atoms with Crippen LogP contribution >= 0.6 is 0 Å². The third kappa shape index (κ3) is 3.32. The van der Waals surface area contributed by atoms with Crippen molar-refractivity contribution in [1.82, 2.24) is 4.48 Å². The highest BCUT2D eigenvalue weighted by Crippen LogP contribution is 2.27. The van der Waals surface area contributed by atoms with Crippen molar-refractivity contribution in [1.29, 1.82) is 0 Å². The standard InChI is InChI=1S/C16H28N/c1-5-8-11-14-17(6-2,7-3)16-13-10-9-12-15(16)4/h9-10,12-13H,5-8,11,14H2,1-4H3/q+1. The molecule has 0 heterocycles. The predicted octanol–water partition coefficient (Wildman–Crippen LogP) is 4.53. The molecule has 0 aromatic heterocycles. The van der Waals surface area contributed by atoms with E-state index >= 15 is 0 Å². The van der Waals surface area contributed by atoms with Crippen LogP contribution < -0.4 is 4.48 Å². The SMILES string of the molecule is CCCCC[N+](CC)(CC)c1ccccc1C. The van der Waals surface area contributed by atoms with Gasteiger partial charge in [0.05, 0.1) is 19.6 Å². The van der Waals surface area contributed by atoms with Crippen molar-refractivity contribution in [2.75, 3.05) is 19.6 Å². The lowest BCUT2D eigenvalue weighted by molar-refractivity contribution is 0.291. The molecule has 0 saturated heterocycles. The molecule has 0 atom stereocenters. The number of para-hydroxylation sites is 1. The fourth-order valence-corrected chi connectivity index (χ4v) is 2.76. The molecular weight excluding hydrogens is 206 g/mol. The van der Waals surface area contributed by atoms with E-state index in [2.05, 4.69) is 52.0 Å². The van der Waals surface area contributed by atoms with Crippen molar-refractivity contribution < 1.29 is 0 Å². The molecule has 0 bridgehead atoms. The van der Waals surface area contributed by atoms with Crippen molar-refractivity contribution >= 4 is 5.69 Å². The highest BCUT2D eigenvalue weighted by molar-refractivity contribution is 5.49. The summed E-state index contributed by atoms with van der Waals surface area (Å²) in [6.45, 7) is 12.8. The fraction of sp³-hybridized carbons (Fsp3) is 0.625. The summed E-state index contributed by atoms with van der Waals surface area (Å²) in [6, 6.07) is 8.88. The van der Waals surface area contributed by atoms with Crippen LogP contribution in [0.3, 0.4) is 0 Å². The van der Waals surface area contributed by atoms with Gasteiger partial charge in [-0.3, -0.25) is 4.48 Å². The minimum atomic E-state index is 1.15. The number of quaternary nitrogens is 1. The molecule has 1 nitrogen and oxygen atoms in total. The summed E-state index contributed by atoms with van der Waals surface area (Å²) in [5.41, 5.74) is 2.96. The highest BCUT2D eigenvalue weighted by atomic mass is 15.3. The van der Waals surface area contributed by atoms with Gasteiger partial charge in [0, 0.05) is 5.56 Å². The number of hydrogen-bond donors (Lipinski definition) is 0. The Labute approximate surface area is 107 Å². The lowest BCUT2D eigenvalue weighted by Crippen LogP contribution is -2.50. The number of benzene rings is 1. The van der Waals surface area contributed by atoms with Crippen LogP contribution in [0.2, 0.25) is 0 Å². The normalized spacial score (nSPS) is 11.8. The fourth-order valence-electron chi connectivity index (χ4n) is 2.76. The van der Waals surface area contributed by atoms with Crippen LogP contribution in [0.4, 0.5) is 5.69 Å². The smallest absolute Gasteiger partial charge is 0.135 e. The minimum Gasteiger partial charge on any atom is -0.291 e. The van der Waals surface area contributed by atoms with Crippen molar-refractivity contribution in [2.24, 2.45) is 0 Å². The second kappa shape index (κ2) is 6.80. The van der Waals surface area contributed by atoms with Gasteiger partial charge in [-0.15, -0.1) is 0 Å². The Kier molecular flexibility index (Phi) is 5.70. The van der Waals surface area contributed by atoms with Crippen molar-refractivity contribution in [3.05, 3.63) is 29.8 Å². The molecular formula is C16H28N+. The Bertz CT molecular complexity index is 326. The van der Waals surface area contributed by atoms with E-state index in [0.29, 0.717) is 0 Å². The Morgan fingerprint density at radius 3 is 2.12 bits per heavy atom.